The molecule has 60 valence electrons. The van der Waals surface area contributed by atoms with Crippen molar-refractivity contribution in [3.63, 3.8) is 0 Å². The quantitative estimate of drug-likeness (QED) is 0.240. The zero-order valence-electron chi connectivity index (χ0n) is 6.48. The molecular formula is C6H6NNaO2S2. The van der Waals surface area contributed by atoms with E-state index in [1.165, 1.54) is 12.1 Å². The van der Waals surface area contributed by atoms with Crippen LogP contribution in [0, 0.1) is 0 Å². The zero-order chi connectivity index (χ0) is 8.43. The Morgan fingerprint density at radius 3 is 2.50 bits per heavy atom. The number of thiol groups is 1. The zero-order valence-corrected chi connectivity index (χ0v) is 10.2. The Morgan fingerprint density at radius 2 is 2.08 bits per heavy atom. The van der Waals surface area contributed by atoms with Crippen molar-refractivity contribution < 1.29 is 38.3 Å². The molecule has 1 aromatic rings. The topological polar surface area (TPSA) is 66.2 Å². The fourth-order valence-corrected chi connectivity index (χ4v) is 1.18. The number of rotatable bonds is 1. The number of nitrogens with two attached hydrogens (primary N) is 1. The van der Waals surface area contributed by atoms with E-state index in [0.717, 1.165) is 0 Å². The van der Waals surface area contributed by atoms with Gasteiger partial charge in [0.2, 0.25) is 0 Å². The molecular weight excluding hydrogens is 205 g/mol. The van der Waals surface area contributed by atoms with Crippen molar-refractivity contribution in [3.8, 4) is 0 Å². The SMILES string of the molecule is Nc1cc(S(=O)[O-])ccc1S.[Na+]. The summed E-state index contributed by atoms with van der Waals surface area (Å²) in [5.74, 6) is 0. The van der Waals surface area contributed by atoms with E-state index in [0.29, 0.717) is 10.6 Å². The van der Waals surface area contributed by atoms with Crippen LogP contribution >= 0.6 is 12.6 Å². The number of hydrogen-bond donors (Lipinski definition) is 2. The molecule has 0 amide bonds. The fourth-order valence-electron chi connectivity index (χ4n) is 0.636. The van der Waals surface area contributed by atoms with Crippen LogP contribution in [0.15, 0.2) is 28.0 Å². The Hall–Kier alpha value is 0.480. The molecule has 0 bridgehead atoms. The molecule has 0 aliphatic heterocycles. The van der Waals surface area contributed by atoms with E-state index in [1.807, 2.05) is 0 Å². The molecule has 0 aliphatic rings. The van der Waals surface area contributed by atoms with Gasteiger partial charge in [-0.3, -0.25) is 4.21 Å². The van der Waals surface area contributed by atoms with E-state index in [-0.39, 0.29) is 34.5 Å². The van der Waals surface area contributed by atoms with Crippen LogP contribution in [0.2, 0.25) is 0 Å². The normalized spacial score (nSPS) is 11.8. The van der Waals surface area contributed by atoms with Crippen molar-refractivity contribution in [1.82, 2.24) is 0 Å². The van der Waals surface area contributed by atoms with Gasteiger partial charge in [0.15, 0.2) is 0 Å². The Labute approximate surface area is 101 Å². The number of benzene rings is 1. The molecule has 0 fully saturated rings. The molecule has 2 N–H and O–H groups in total. The van der Waals surface area contributed by atoms with Gasteiger partial charge >= 0.3 is 29.6 Å². The van der Waals surface area contributed by atoms with Crippen LogP contribution in [0.4, 0.5) is 5.69 Å². The van der Waals surface area contributed by atoms with Gasteiger partial charge in [-0.25, -0.2) is 0 Å². The van der Waals surface area contributed by atoms with Crippen LogP contribution in [0.5, 0.6) is 0 Å². The molecule has 1 rings (SSSR count). The Balaban J connectivity index is 0.00000121. The summed E-state index contributed by atoms with van der Waals surface area (Å²) in [4.78, 5) is 0.763. The van der Waals surface area contributed by atoms with E-state index in [2.05, 4.69) is 12.6 Å². The molecule has 3 nitrogen and oxygen atoms in total. The van der Waals surface area contributed by atoms with Gasteiger partial charge in [-0.2, -0.15) is 0 Å². The second kappa shape index (κ2) is 5.26. The molecule has 0 heterocycles. The summed E-state index contributed by atoms with van der Waals surface area (Å²) in [6.07, 6.45) is 0. The maximum Gasteiger partial charge on any atom is 1.00 e. The first kappa shape index (κ1) is 12.5. The third-order valence-electron chi connectivity index (χ3n) is 1.19. The van der Waals surface area contributed by atoms with Crippen molar-refractivity contribution in [1.29, 1.82) is 0 Å². The summed E-state index contributed by atoms with van der Waals surface area (Å²) in [6.45, 7) is 0. The Bertz CT molecular complexity index is 306. The summed E-state index contributed by atoms with van der Waals surface area (Å²) >= 11 is 1.78. The second-order valence-electron chi connectivity index (χ2n) is 1.96. The molecule has 0 saturated heterocycles. The summed E-state index contributed by atoms with van der Waals surface area (Å²) in [7, 11) is 0. The minimum atomic E-state index is -2.21. The van der Waals surface area contributed by atoms with Gasteiger partial charge in [-0.1, -0.05) is 0 Å². The smallest absolute Gasteiger partial charge is 0.768 e. The van der Waals surface area contributed by atoms with Crippen molar-refractivity contribution in [3.05, 3.63) is 18.2 Å². The molecule has 0 saturated carbocycles. The average Bonchev–Trinajstić information content (AvgIpc) is 1.94. The molecule has 0 aromatic heterocycles. The molecule has 0 aliphatic carbocycles. The van der Waals surface area contributed by atoms with Gasteiger partial charge < -0.3 is 10.3 Å². The summed E-state index contributed by atoms with van der Waals surface area (Å²) < 4.78 is 20.8. The van der Waals surface area contributed by atoms with Crippen molar-refractivity contribution in [2.75, 3.05) is 5.73 Å². The molecule has 1 unspecified atom stereocenters. The van der Waals surface area contributed by atoms with Gasteiger partial charge in [-0.15, -0.1) is 12.6 Å². The largest absolute Gasteiger partial charge is 1.00 e. The van der Waals surface area contributed by atoms with Gasteiger partial charge in [0.25, 0.3) is 0 Å². The van der Waals surface area contributed by atoms with Crippen LogP contribution in [0.25, 0.3) is 0 Å². The molecule has 1 atom stereocenters. The first-order valence-electron chi connectivity index (χ1n) is 2.79. The van der Waals surface area contributed by atoms with Gasteiger partial charge in [-0.05, 0) is 29.3 Å². The predicted octanol–water partition coefficient (Wildman–Crippen LogP) is -2.20. The molecule has 6 heteroatoms. The van der Waals surface area contributed by atoms with Crippen LogP contribution in [-0.4, -0.2) is 8.76 Å². The molecule has 0 spiro atoms. The van der Waals surface area contributed by atoms with Crippen LogP contribution in [0.1, 0.15) is 0 Å². The van der Waals surface area contributed by atoms with Crippen LogP contribution in [0.3, 0.4) is 0 Å². The number of anilines is 1. The fraction of sp³-hybridized carbons (Fsp3) is 0. The first-order chi connectivity index (χ1) is 5.11. The number of hydrogen-bond acceptors (Lipinski definition) is 4. The predicted molar refractivity (Wildman–Crippen MR) is 45.3 cm³/mol. The minimum Gasteiger partial charge on any atom is -0.768 e. The first-order valence-corrected chi connectivity index (χ1v) is 4.31. The maximum absolute atomic E-state index is 10.4. The molecule has 0 radical (unpaired) electrons. The monoisotopic (exact) mass is 211 g/mol. The van der Waals surface area contributed by atoms with E-state index < -0.39 is 11.1 Å². The van der Waals surface area contributed by atoms with E-state index in [4.69, 9.17) is 5.73 Å². The number of nitrogen functional groups attached to an aromatic ring is 1. The maximum atomic E-state index is 10.4. The van der Waals surface area contributed by atoms with Crippen molar-refractivity contribution in [2.24, 2.45) is 0 Å². The van der Waals surface area contributed by atoms with Crippen LogP contribution < -0.4 is 35.3 Å². The van der Waals surface area contributed by atoms with Crippen molar-refractivity contribution >= 4 is 29.4 Å². The Morgan fingerprint density at radius 1 is 1.50 bits per heavy atom. The molecule has 12 heavy (non-hydrogen) atoms. The summed E-state index contributed by atoms with van der Waals surface area (Å²) in [5, 5.41) is 0. The van der Waals surface area contributed by atoms with E-state index >= 15 is 0 Å². The van der Waals surface area contributed by atoms with Crippen LogP contribution in [-0.2, 0) is 11.1 Å². The summed E-state index contributed by atoms with van der Waals surface area (Å²) in [5.41, 5.74) is 5.78. The van der Waals surface area contributed by atoms with Crippen molar-refractivity contribution in [2.45, 2.75) is 9.79 Å². The molecule has 1 aromatic carbocycles. The van der Waals surface area contributed by atoms with E-state index in [1.54, 1.807) is 6.07 Å². The third-order valence-corrected chi connectivity index (χ3v) is 2.24. The van der Waals surface area contributed by atoms with Gasteiger partial charge in [0, 0.05) is 15.5 Å². The second-order valence-corrected chi connectivity index (χ2v) is 3.38. The standard InChI is InChI=1S/C6H7NO2S2.Na/c7-5-3-4(11(8)9)1-2-6(5)10;/h1-3,10H,7H2,(H,8,9);/q;+1/p-1. The van der Waals surface area contributed by atoms with Gasteiger partial charge in [0.1, 0.15) is 0 Å². The Kier molecular flexibility index (Phi) is 5.47. The average molecular weight is 211 g/mol. The third kappa shape index (κ3) is 3.08. The van der Waals surface area contributed by atoms with E-state index in [9.17, 15) is 8.76 Å². The summed E-state index contributed by atoms with van der Waals surface area (Å²) in [6, 6.07) is 4.36. The van der Waals surface area contributed by atoms with Gasteiger partial charge in [0.05, 0.1) is 0 Å². The minimum absolute atomic E-state index is 0.